The van der Waals surface area contributed by atoms with Crippen LogP contribution < -0.4 is 5.73 Å². The number of aromatic hydroxyl groups is 1. The number of hydrogen-bond donors (Lipinski definition) is 2. The smallest absolute Gasteiger partial charge is 0.234 e. The molecule has 1 aliphatic carbocycles. The maximum absolute atomic E-state index is 13.1. The minimum atomic E-state index is -0.406. The van der Waals surface area contributed by atoms with Crippen LogP contribution in [-0.2, 0) is 4.79 Å². The molecular formula is C17H23FN2O2. The van der Waals surface area contributed by atoms with Crippen LogP contribution in [0.5, 0.6) is 5.75 Å². The van der Waals surface area contributed by atoms with Crippen molar-refractivity contribution in [3.63, 3.8) is 0 Å². The summed E-state index contributed by atoms with van der Waals surface area (Å²) in [6.07, 6.45) is 5.79. The number of rotatable bonds is 3. The molecule has 4 nitrogen and oxygen atoms in total. The third-order valence-electron chi connectivity index (χ3n) is 5.22. The van der Waals surface area contributed by atoms with Crippen LogP contribution in [0.25, 0.3) is 0 Å². The minimum Gasteiger partial charge on any atom is -0.508 e. The number of phenolic OH excluding ortho intramolecular Hbond substituents is 1. The fourth-order valence-electron chi connectivity index (χ4n) is 4.11. The molecule has 22 heavy (non-hydrogen) atoms. The highest BCUT2D eigenvalue weighted by Crippen LogP contribution is 2.39. The van der Waals surface area contributed by atoms with Gasteiger partial charge in [-0.05, 0) is 62.6 Å². The van der Waals surface area contributed by atoms with Crippen molar-refractivity contribution in [2.24, 2.45) is 5.73 Å². The number of likely N-dealkylation sites (tertiary alicyclic amines) is 1. The first-order chi connectivity index (χ1) is 10.6. The van der Waals surface area contributed by atoms with Gasteiger partial charge in [0.05, 0.1) is 6.04 Å². The number of carbonyl (C=O) groups excluding carboxylic acids is 1. The maximum atomic E-state index is 13.1. The molecule has 2 aliphatic rings. The lowest BCUT2D eigenvalue weighted by Gasteiger charge is -2.37. The topological polar surface area (TPSA) is 66.6 Å². The molecule has 3 N–H and O–H groups in total. The molecule has 5 heteroatoms. The van der Waals surface area contributed by atoms with Crippen LogP contribution >= 0.6 is 0 Å². The van der Waals surface area contributed by atoms with Crippen LogP contribution in [0.3, 0.4) is 0 Å². The van der Waals surface area contributed by atoms with E-state index in [1.807, 2.05) is 0 Å². The van der Waals surface area contributed by atoms with Gasteiger partial charge in [-0.2, -0.15) is 0 Å². The van der Waals surface area contributed by atoms with Gasteiger partial charge < -0.3 is 10.8 Å². The maximum Gasteiger partial charge on any atom is 0.234 e. The molecule has 1 aromatic carbocycles. The Kier molecular flexibility index (Phi) is 4.34. The summed E-state index contributed by atoms with van der Waals surface area (Å²) in [5, 5.41) is 9.92. The van der Waals surface area contributed by atoms with Gasteiger partial charge in [0, 0.05) is 12.1 Å². The van der Waals surface area contributed by atoms with Gasteiger partial charge in [0.2, 0.25) is 5.91 Å². The van der Waals surface area contributed by atoms with Crippen LogP contribution in [0.15, 0.2) is 18.2 Å². The number of nitrogens with zero attached hydrogens (tertiary/aromatic N) is 1. The average molecular weight is 306 g/mol. The second-order valence-electron chi connectivity index (χ2n) is 6.51. The summed E-state index contributed by atoms with van der Waals surface area (Å²) in [5.41, 5.74) is 6.34. The Bertz CT molecular complexity index is 556. The van der Waals surface area contributed by atoms with E-state index in [1.54, 1.807) is 6.07 Å². The van der Waals surface area contributed by atoms with Crippen molar-refractivity contribution >= 4 is 5.91 Å². The average Bonchev–Trinajstić information content (AvgIpc) is 2.97. The summed E-state index contributed by atoms with van der Waals surface area (Å²) >= 11 is 0. The number of amides is 1. The summed E-state index contributed by atoms with van der Waals surface area (Å²) in [7, 11) is 0. The summed E-state index contributed by atoms with van der Waals surface area (Å²) in [6, 6.07) is 4.58. The first-order valence-corrected chi connectivity index (χ1v) is 8.09. The Balaban J connectivity index is 1.64. The quantitative estimate of drug-likeness (QED) is 0.901. The first-order valence-electron chi connectivity index (χ1n) is 8.09. The summed E-state index contributed by atoms with van der Waals surface area (Å²) < 4.78 is 13.1. The predicted molar refractivity (Wildman–Crippen MR) is 82.0 cm³/mol. The van der Waals surface area contributed by atoms with E-state index in [9.17, 15) is 14.3 Å². The molecule has 1 aromatic rings. The number of hydrogen-bond acceptors (Lipinski definition) is 3. The van der Waals surface area contributed by atoms with Crippen LogP contribution in [0, 0.1) is 5.82 Å². The first kappa shape index (κ1) is 15.3. The largest absolute Gasteiger partial charge is 0.508 e. The minimum absolute atomic E-state index is 0.0552. The molecule has 3 rings (SSSR count). The van der Waals surface area contributed by atoms with E-state index in [0.29, 0.717) is 6.04 Å². The molecule has 0 bridgehead atoms. The van der Waals surface area contributed by atoms with Gasteiger partial charge in [0.1, 0.15) is 11.6 Å². The van der Waals surface area contributed by atoms with Gasteiger partial charge in [-0.1, -0.05) is 6.07 Å². The highest BCUT2D eigenvalue weighted by molar-refractivity contribution is 5.80. The lowest BCUT2D eigenvalue weighted by Crippen LogP contribution is -2.47. The predicted octanol–water partition coefficient (Wildman–Crippen LogP) is 2.51. The highest BCUT2D eigenvalue weighted by Gasteiger charge is 2.36. The molecule has 1 saturated heterocycles. The Hall–Kier alpha value is -1.62. The zero-order chi connectivity index (χ0) is 15.7. The molecule has 1 atom stereocenters. The second kappa shape index (κ2) is 6.24. The lowest BCUT2D eigenvalue weighted by molar-refractivity contribution is -0.123. The van der Waals surface area contributed by atoms with E-state index in [0.717, 1.165) is 50.6 Å². The van der Waals surface area contributed by atoms with E-state index in [1.165, 1.54) is 12.1 Å². The van der Waals surface area contributed by atoms with Crippen LogP contribution in [0.1, 0.15) is 50.0 Å². The number of nitrogens with two attached hydrogens (primary N) is 1. The normalized spacial score (nSPS) is 29.6. The Morgan fingerprint density at radius 3 is 2.59 bits per heavy atom. The zero-order valence-electron chi connectivity index (χ0n) is 12.7. The van der Waals surface area contributed by atoms with Crippen molar-refractivity contribution in [3.05, 3.63) is 29.6 Å². The third kappa shape index (κ3) is 2.95. The van der Waals surface area contributed by atoms with Gasteiger partial charge in [0.25, 0.3) is 0 Å². The lowest BCUT2D eigenvalue weighted by atomic mass is 9.80. The van der Waals surface area contributed by atoms with E-state index in [-0.39, 0.29) is 23.6 Å². The number of primary amides is 1. The van der Waals surface area contributed by atoms with Crippen molar-refractivity contribution in [3.8, 4) is 5.75 Å². The molecule has 0 radical (unpaired) electrons. The number of phenols is 1. The van der Waals surface area contributed by atoms with Crippen LogP contribution in [0.2, 0.25) is 0 Å². The van der Waals surface area contributed by atoms with Crippen molar-refractivity contribution in [1.82, 2.24) is 4.90 Å². The summed E-state index contributed by atoms with van der Waals surface area (Å²) in [6.45, 7) is 0.949. The molecule has 0 aromatic heterocycles. The molecule has 0 spiro atoms. The summed E-state index contributed by atoms with van der Waals surface area (Å²) in [5.74, 6) is -0.293. The standard InChI is InChI=1S/C17H23FN2O2/c18-12-5-8-14(16(21)10-12)11-3-6-13(7-4-11)20-9-1-2-15(20)17(19)22/h5,8,10-11,13,15,21H,1-4,6-7,9H2,(H2,19,22). The van der Waals surface area contributed by atoms with E-state index in [2.05, 4.69) is 4.90 Å². The van der Waals surface area contributed by atoms with Gasteiger partial charge >= 0.3 is 0 Å². The highest BCUT2D eigenvalue weighted by atomic mass is 19.1. The molecule has 1 unspecified atom stereocenters. The van der Waals surface area contributed by atoms with Gasteiger partial charge in [-0.15, -0.1) is 0 Å². The van der Waals surface area contributed by atoms with Crippen molar-refractivity contribution < 1.29 is 14.3 Å². The van der Waals surface area contributed by atoms with E-state index >= 15 is 0 Å². The monoisotopic (exact) mass is 306 g/mol. The molecule has 1 saturated carbocycles. The third-order valence-corrected chi connectivity index (χ3v) is 5.22. The van der Waals surface area contributed by atoms with E-state index in [4.69, 9.17) is 5.73 Å². The van der Waals surface area contributed by atoms with Gasteiger partial charge in [-0.25, -0.2) is 4.39 Å². The molecule has 1 amide bonds. The van der Waals surface area contributed by atoms with Crippen molar-refractivity contribution in [2.45, 2.75) is 56.5 Å². The molecule has 2 fully saturated rings. The van der Waals surface area contributed by atoms with Gasteiger partial charge in [-0.3, -0.25) is 9.69 Å². The fourth-order valence-corrected chi connectivity index (χ4v) is 4.11. The number of benzene rings is 1. The Morgan fingerprint density at radius 1 is 1.23 bits per heavy atom. The van der Waals surface area contributed by atoms with Gasteiger partial charge in [0.15, 0.2) is 0 Å². The molecule has 1 heterocycles. The van der Waals surface area contributed by atoms with Crippen molar-refractivity contribution in [2.75, 3.05) is 6.54 Å². The Labute approximate surface area is 130 Å². The number of halogens is 1. The van der Waals surface area contributed by atoms with Crippen molar-refractivity contribution in [1.29, 1.82) is 0 Å². The molecule has 1 aliphatic heterocycles. The Morgan fingerprint density at radius 2 is 1.95 bits per heavy atom. The van der Waals surface area contributed by atoms with E-state index < -0.39 is 5.82 Å². The molecular weight excluding hydrogens is 283 g/mol. The van der Waals surface area contributed by atoms with Crippen LogP contribution in [-0.4, -0.2) is 34.5 Å². The fraction of sp³-hybridized carbons (Fsp3) is 0.588. The zero-order valence-corrected chi connectivity index (χ0v) is 12.7. The summed E-state index contributed by atoms with van der Waals surface area (Å²) in [4.78, 5) is 13.8. The van der Waals surface area contributed by atoms with Crippen LogP contribution in [0.4, 0.5) is 4.39 Å². The number of carbonyl (C=O) groups is 1. The molecule has 120 valence electrons. The second-order valence-corrected chi connectivity index (χ2v) is 6.51. The SMILES string of the molecule is NC(=O)C1CCCN1C1CCC(c2ccc(F)cc2O)CC1.